The van der Waals surface area contributed by atoms with Gasteiger partial charge in [-0.3, -0.25) is 9.59 Å². The number of likely N-dealkylation sites (N-methyl/N-ethyl adjacent to an activating group) is 2. The number of ether oxygens (including phenoxy) is 7. The van der Waals surface area contributed by atoms with E-state index in [1.165, 1.54) is 6.92 Å². The molecule has 17 heteroatoms. The first-order valence-electron chi connectivity index (χ1n) is 22.2. The summed E-state index contributed by atoms with van der Waals surface area (Å²) in [5.41, 5.74) is -4.50. The van der Waals surface area contributed by atoms with Gasteiger partial charge in [-0.1, -0.05) is 34.6 Å². The van der Waals surface area contributed by atoms with Gasteiger partial charge >= 0.3 is 5.97 Å². The van der Waals surface area contributed by atoms with Crippen LogP contribution in [0.2, 0.25) is 0 Å². The van der Waals surface area contributed by atoms with E-state index in [0.717, 1.165) is 0 Å². The molecule has 4 rings (SSSR count). The van der Waals surface area contributed by atoms with Crippen molar-refractivity contribution in [3.63, 3.8) is 0 Å². The van der Waals surface area contributed by atoms with Crippen LogP contribution in [0, 0.1) is 23.2 Å². The number of nitrogens with zero attached hydrogens (tertiary/aromatic N) is 2. The predicted octanol–water partition coefficient (Wildman–Crippen LogP) is 1.58. The molecule has 21 atom stereocenters. The lowest BCUT2D eigenvalue weighted by atomic mass is 9.73. The monoisotopic (exact) mass is 877 g/mol. The van der Waals surface area contributed by atoms with Crippen molar-refractivity contribution in [1.82, 2.24) is 9.80 Å². The van der Waals surface area contributed by atoms with Crippen LogP contribution < -0.4 is 0 Å². The lowest BCUT2D eigenvalue weighted by molar-refractivity contribution is -0.340. The van der Waals surface area contributed by atoms with Crippen LogP contribution in [0.25, 0.3) is 0 Å². The largest absolute Gasteiger partial charge is 0.461 e. The van der Waals surface area contributed by atoms with Crippen LogP contribution in [-0.4, -0.2) is 190 Å². The Morgan fingerprint density at radius 2 is 1.31 bits per heavy atom. The maximum Gasteiger partial charge on any atom is 0.311 e. The molecule has 0 amide bonds. The second-order valence-corrected chi connectivity index (χ2v) is 20.2. The van der Waals surface area contributed by atoms with Gasteiger partial charge in [0.05, 0.1) is 59.8 Å². The highest BCUT2D eigenvalue weighted by molar-refractivity contribution is 5.85. The first-order valence-corrected chi connectivity index (χ1v) is 22.2. The number of aliphatic hydroxyl groups excluding tert-OH is 5. The summed E-state index contributed by atoms with van der Waals surface area (Å²) in [4.78, 5) is 32.6. The lowest BCUT2D eigenvalue weighted by Crippen LogP contribution is -2.62. The molecule has 21 unspecified atom stereocenters. The summed E-state index contributed by atoms with van der Waals surface area (Å²) in [5, 5.41) is 68.3. The molecule has 17 nitrogen and oxygen atoms in total. The minimum atomic E-state index is -1.87. The van der Waals surface area contributed by atoms with Crippen molar-refractivity contribution in [2.75, 3.05) is 28.2 Å². The van der Waals surface area contributed by atoms with Crippen molar-refractivity contribution in [2.24, 2.45) is 23.2 Å². The summed E-state index contributed by atoms with van der Waals surface area (Å²) in [5.74, 6) is -4.35. The summed E-state index contributed by atoms with van der Waals surface area (Å²) in [6.45, 7) is 18.5. The molecule has 0 aliphatic carbocycles. The van der Waals surface area contributed by atoms with E-state index in [1.807, 2.05) is 44.9 Å². The predicted molar refractivity (Wildman–Crippen MR) is 223 cm³/mol. The fourth-order valence-electron chi connectivity index (χ4n) is 10.1. The molecular weight excluding hydrogens is 796 g/mol. The van der Waals surface area contributed by atoms with Crippen molar-refractivity contribution in [3.8, 4) is 0 Å². The average Bonchev–Trinajstić information content (AvgIpc) is 3.16. The van der Waals surface area contributed by atoms with E-state index in [0.29, 0.717) is 6.42 Å². The molecule has 4 fully saturated rings. The molecule has 4 saturated heterocycles. The van der Waals surface area contributed by atoms with Crippen LogP contribution in [0.15, 0.2) is 0 Å². The Morgan fingerprint density at radius 1 is 0.738 bits per heavy atom. The van der Waals surface area contributed by atoms with Crippen molar-refractivity contribution < 1.29 is 73.4 Å². The molecule has 4 heterocycles. The second-order valence-electron chi connectivity index (χ2n) is 20.2. The van der Waals surface area contributed by atoms with Gasteiger partial charge in [0.1, 0.15) is 24.4 Å². The van der Waals surface area contributed by atoms with Gasteiger partial charge in [0.2, 0.25) is 0 Å². The number of rotatable bonds is 9. The van der Waals surface area contributed by atoms with Crippen LogP contribution in [0.5, 0.6) is 0 Å². The molecular formula is C44H80N2O15. The van der Waals surface area contributed by atoms with Gasteiger partial charge in [0.25, 0.3) is 0 Å². The first kappa shape index (κ1) is 52.2. The number of Topliss-reactive ketones (excluding diaryl/α,β-unsaturated/α-hetero) is 1. The van der Waals surface area contributed by atoms with E-state index in [2.05, 4.69) is 0 Å². The second kappa shape index (κ2) is 20.4. The van der Waals surface area contributed by atoms with Gasteiger partial charge in [-0.2, -0.15) is 0 Å². The SMILES string of the molecule is CCC1OC(=O)C(C)C(OC2CC(C)(O)C(O)C(C)O2)C(C)C(OC2OC(C)CC(N(C)C)C2O)C(C)(OC2CC(N(C)C)C(O)C(C)O2)CC(C)C(=O)C(O)C(O)C1(C)C. The highest BCUT2D eigenvalue weighted by Crippen LogP contribution is 2.43. The molecule has 4 aliphatic heterocycles. The lowest BCUT2D eigenvalue weighted by Gasteiger charge is -2.51. The Bertz CT molecular complexity index is 1450. The third-order valence-corrected chi connectivity index (χ3v) is 14.1. The summed E-state index contributed by atoms with van der Waals surface area (Å²) < 4.78 is 45.8. The summed E-state index contributed by atoms with van der Waals surface area (Å²) in [6, 6.07) is -0.764. The minimum Gasteiger partial charge on any atom is -0.461 e. The van der Waals surface area contributed by atoms with E-state index in [1.54, 1.807) is 62.3 Å². The van der Waals surface area contributed by atoms with Crippen molar-refractivity contribution >= 4 is 11.8 Å². The smallest absolute Gasteiger partial charge is 0.311 e. The number of ketones is 1. The maximum absolute atomic E-state index is 14.5. The Balaban J connectivity index is 1.97. The normalized spacial score (nSPS) is 48.5. The standard InChI is InChI=1S/C44H80N2O15/c1-16-29-42(8,9)38(52)35(50)32(47)21(2)19-44(11,61-30-18-28(46(14)15)33(48)25(6)56-30)39(60-41-34(49)27(45(12)13)17-22(3)55-41)23(4)36(24(5)40(53)58-29)59-31-20-43(10,54)37(51)26(7)57-31/h21-31,33-39,41,48-52,54H,16-20H2,1-15H3. The molecule has 0 aromatic rings. The molecule has 4 aliphatic rings. The van der Waals surface area contributed by atoms with Gasteiger partial charge in [-0.15, -0.1) is 0 Å². The Labute approximate surface area is 363 Å². The molecule has 0 saturated carbocycles. The highest BCUT2D eigenvalue weighted by Gasteiger charge is 2.55. The quantitative estimate of drug-likeness (QED) is 0.181. The summed E-state index contributed by atoms with van der Waals surface area (Å²) in [7, 11) is 7.39. The fourth-order valence-corrected chi connectivity index (χ4v) is 10.1. The zero-order chi connectivity index (χ0) is 46.3. The Kier molecular flexibility index (Phi) is 17.5. The van der Waals surface area contributed by atoms with E-state index in [4.69, 9.17) is 33.2 Å². The van der Waals surface area contributed by atoms with Crippen LogP contribution >= 0.6 is 0 Å². The summed E-state index contributed by atoms with van der Waals surface area (Å²) >= 11 is 0. The Hall–Kier alpha value is -1.42. The number of hydrogen-bond acceptors (Lipinski definition) is 17. The molecule has 356 valence electrons. The molecule has 0 radical (unpaired) electrons. The third-order valence-electron chi connectivity index (χ3n) is 14.1. The Morgan fingerprint density at radius 3 is 1.87 bits per heavy atom. The van der Waals surface area contributed by atoms with Crippen molar-refractivity contribution in [2.45, 2.75) is 218 Å². The highest BCUT2D eigenvalue weighted by atomic mass is 16.7. The van der Waals surface area contributed by atoms with E-state index in [-0.39, 0.29) is 43.9 Å². The number of esters is 1. The number of hydrogen-bond donors (Lipinski definition) is 6. The van der Waals surface area contributed by atoms with Crippen LogP contribution in [0.4, 0.5) is 0 Å². The fraction of sp³-hybridized carbons (Fsp3) is 0.955. The van der Waals surface area contributed by atoms with Gasteiger partial charge in [0.15, 0.2) is 24.7 Å². The van der Waals surface area contributed by atoms with Crippen LogP contribution in [0.1, 0.15) is 108 Å². The van der Waals surface area contributed by atoms with Crippen molar-refractivity contribution in [1.29, 1.82) is 0 Å². The summed E-state index contributed by atoms with van der Waals surface area (Å²) in [6.07, 6.45) is -14.6. The van der Waals surface area contributed by atoms with Crippen LogP contribution in [-0.2, 0) is 42.7 Å². The van der Waals surface area contributed by atoms with E-state index >= 15 is 0 Å². The molecule has 0 bridgehead atoms. The zero-order valence-corrected chi connectivity index (χ0v) is 39.3. The average molecular weight is 877 g/mol. The number of aliphatic hydroxyl groups is 6. The van der Waals surface area contributed by atoms with Gasteiger partial charge in [0, 0.05) is 42.2 Å². The number of carbonyl (C=O) groups excluding carboxylic acids is 2. The van der Waals surface area contributed by atoms with Crippen LogP contribution in [0.3, 0.4) is 0 Å². The molecule has 6 N–H and O–H groups in total. The molecule has 0 spiro atoms. The number of cyclic esters (lactones) is 1. The molecule has 0 aromatic heterocycles. The van der Waals surface area contributed by atoms with Gasteiger partial charge in [-0.25, -0.2) is 0 Å². The zero-order valence-electron chi connectivity index (χ0n) is 39.3. The van der Waals surface area contributed by atoms with E-state index in [9.17, 15) is 40.2 Å². The maximum atomic E-state index is 14.5. The third kappa shape index (κ3) is 11.5. The molecule has 61 heavy (non-hydrogen) atoms. The van der Waals surface area contributed by atoms with Gasteiger partial charge < -0.3 is 73.6 Å². The molecule has 0 aromatic carbocycles. The van der Waals surface area contributed by atoms with Gasteiger partial charge in [-0.05, 0) is 89.0 Å². The number of carbonyl (C=O) groups is 2. The minimum absolute atomic E-state index is 0.120. The van der Waals surface area contributed by atoms with Crippen molar-refractivity contribution in [3.05, 3.63) is 0 Å². The topological polar surface area (TPSA) is 227 Å². The van der Waals surface area contributed by atoms with E-state index < -0.39 is 126 Å². The first-order chi connectivity index (χ1) is 28.1.